The van der Waals surface area contributed by atoms with Crippen molar-refractivity contribution in [3.63, 3.8) is 0 Å². The summed E-state index contributed by atoms with van der Waals surface area (Å²) in [4.78, 5) is 27.8. The summed E-state index contributed by atoms with van der Waals surface area (Å²) in [5, 5.41) is 5.59. The highest BCUT2D eigenvalue weighted by Crippen LogP contribution is 2.34. The Labute approximate surface area is 227 Å². The van der Waals surface area contributed by atoms with E-state index >= 15 is 0 Å². The second kappa shape index (κ2) is 11.3. The number of benzene rings is 2. The maximum Gasteiger partial charge on any atom is 0.253 e. The van der Waals surface area contributed by atoms with Crippen molar-refractivity contribution in [2.24, 2.45) is 11.1 Å². The van der Waals surface area contributed by atoms with Crippen LogP contribution in [0.15, 0.2) is 70.4 Å². The fraction of sp³-hybridized carbons (Fsp3) is 0.433. The van der Waals surface area contributed by atoms with Crippen molar-refractivity contribution in [3.8, 4) is 0 Å². The Bertz CT molecular complexity index is 1260. The molecule has 7 heteroatoms. The first-order chi connectivity index (χ1) is 18.0. The van der Waals surface area contributed by atoms with Gasteiger partial charge >= 0.3 is 0 Å². The summed E-state index contributed by atoms with van der Waals surface area (Å²) in [6.07, 6.45) is 5.87. The third kappa shape index (κ3) is 5.73. The van der Waals surface area contributed by atoms with Crippen molar-refractivity contribution in [1.82, 2.24) is 14.8 Å². The van der Waals surface area contributed by atoms with Crippen molar-refractivity contribution >= 4 is 38.5 Å². The maximum absolute atomic E-state index is 13.2. The Hall–Kier alpha value is -2.77. The highest BCUT2D eigenvalue weighted by Gasteiger charge is 2.39. The Morgan fingerprint density at radius 1 is 1.05 bits per heavy atom. The van der Waals surface area contributed by atoms with Gasteiger partial charge in [0.15, 0.2) is 0 Å². The van der Waals surface area contributed by atoms with Crippen LogP contribution < -0.4 is 0 Å². The number of hydrogen-bond donors (Lipinski definition) is 0. The molecule has 37 heavy (non-hydrogen) atoms. The molecule has 2 saturated heterocycles. The van der Waals surface area contributed by atoms with Crippen molar-refractivity contribution in [3.05, 3.63) is 76.4 Å². The highest BCUT2D eigenvalue weighted by atomic mass is 79.9. The number of halogens is 1. The molecule has 2 aromatic carbocycles. The van der Waals surface area contributed by atoms with Crippen LogP contribution in [0.1, 0.15) is 55.5 Å². The number of carbonyl (C=O) groups excluding carboxylic acids is 1. The molecule has 0 saturated carbocycles. The van der Waals surface area contributed by atoms with Crippen LogP contribution in [0.2, 0.25) is 0 Å². The van der Waals surface area contributed by atoms with E-state index in [0.29, 0.717) is 12.5 Å². The Balaban J connectivity index is 1.20. The van der Waals surface area contributed by atoms with Gasteiger partial charge in [0.05, 0.1) is 11.2 Å². The van der Waals surface area contributed by atoms with Crippen LogP contribution in [0.4, 0.5) is 0 Å². The lowest BCUT2D eigenvalue weighted by Crippen LogP contribution is -2.56. The van der Waals surface area contributed by atoms with E-state index in [1.54, 1.807) is 6.20 Å². The smallest absolute Gasteiger partial charge is 0.253 e. The molecule has 1 amide bonds. The van der Waals surface area contributed by atoms with E-state index in [4.69, 9.17) is 4.84 Å². The molecule has 5 rings (SSSR count). The standard InChI is InChI=1S/C30H35BrN4O2/c1-3-37-33-28(23-8-10-26(31)11-9-23)24-12-17-35(18-13-24)30(2)14-19-34(20-15-30)29(36)25-7-6-22-5-4-16-32-27(22)21-25/h4-11,16,21,24H,3,12-15,17-20H2,1-2H3. The molecular formula is C30H35BrN4O2. The number of fused-ring (bicyclic) bond motifs is 1. The van der Waals surface area contributed by atoms with Crippen LogP contribution in [0, 0.1) is 5.92 Å². The van der Waals surface area contributed by atoms with Gasteiger partial charge in [-0.2, -0.15) is 0 Å². The predicted molar refractivity (Wildman–Crippen MR) is 152 cm³/mol. The number of aromatic nitrogens is 1. The van der Waals surface area contributed by atoms with Gasteiger partial charge in [-0.15, -0.1) is 0 Å². The van der Waals surface area contributed by atoms with Gasteiger partial charge < -0.3 is 9.74 Å². The van der Waals surface area contributed by atoms with Gasteiger partial charge in [-0.05, 0) is 88.5 Å². The van der Waals surface area contributed by atoms with E-state index in [-0.39, 0.29) is 11.4 Å². The highest BCUT2D eigenvalue weighted by molar-refractivity contribution is 9.10. The minimum absolute atomic E-state index is 0.111. The number of pyridine rings is 1. The summed E-state index contributed by atoms with van der Waals surface area (Å²) in [5.41, 5.74) is 3.90. The zero-order chi connectivity index (χ0) is 25.8. The first-order valence-corrected chi connectivity index (χ1v) is 14.1. The van der Waals surface area contributed by atoms with Crippen LogP contribution >= 0.6 is 15.9 Å². The first kappa shape index (κ1) is 25.9. The summed E-state index contributed by atoms with van der Waals surface area (Å²) in [5.74, 6) is 0.496. The minimum Gasteiger partial charge on any atom is -0.396 e. The molecule has 194 valence electrons. The second-order valence-electron chi connectivity index (χ2n) is 10.4. The molecule has 0 N–H and O–H groups in total. The quantitative estimate of drug-likeness (QED) is 0.267. The molecular weight excluding hydrogens is 528 g/mol. The predicted octanol–water partition coefficient (Wildman–Crippen LogP) is 6.14. The molecule has 0 unspecified atom stereocenters. The van der Waals surface area contributed by atoms with Crippen molar-refractivity contribution < 1.29 is 9.63 Å². The zero-order valence-corrected chi connectivity index (χ0v) is 23.3. The molecule has 2 aliphatic heterocycles. The summed E-state index contributed by atoms with van der Waals surface area (Å²) < 4.78 is 1.07. The number of likely N-dealkylation sites (tertiary alicyclic amines) is 2. The molecule has 0 radical (unpaired) electrons. The Kier molecular flexibility index (Phi) is 7.91. The normalized spacial score (nSPS) is 19.2. The average Bonchev–Trinajstić information content (AvgIpc) is 2.94. The molecule has 0 spiro atoms. The van der Waals surface area contributed by atoms with Gasteiger partial charge in [-0.3, -0.25) is 14.7 Å². The van der Waals surface area contributed by atoms with Gasteiger partial charge in [0.25, 0.3) is 5.91 Å². The molecule has 0 bridgehead atoms. The number of oxime groups is 1. The Morgan fingerprint density at radius 3 is 2.46 bits per heavy atom. The fourth-order valence-electron chi connectivity index (χ4n) is 5.70. The van der Waals surface area contributed by atoms with Crippen LogP contribution in [-0.4, -0.2) is 64.7 Å². The number of nitrogens with zero attached hydrogens (tertiary/aromatic N) is 4. The van der Waals surface area contributed by atoms with Crippen molar-refractivity contribution in [2.75, 3.05) is 32.8 Å². The van der Waals surface area contributed by atoms with Crippen LogP contribution in [0.3, 0.4) is 0 Å². The summed E-state index contributed by atoms with van der Waals surface area (Å²) >= 11 is 3.53. The van der Waals surface area contributed by atoms with E-state index in [1.807, 2.05) is 42.2 Å². The largest absolute Gasteiger partial charge is 0.396 e. The number of carbonyl (C=O) groups is 1. The van der Waals surface area contributed by atoms with Gasteiger partial charge in [0, 0.05) is 46.2 Å². The number of hydrogen-bond acceptors (Lipinski definition) is 5. The lowest BCUT2D eigenvalue weighted by Gasteiger charge is -2.49. The van der Waals surface area contributed by atoms with E-state index in [9.17, 15) is 4.79 Å². The summed E-state index contributed by atoms with van der Waals surface area (Å²) in [6, 6.07) is 18.2. The third-order valence-corrected chi connectivity index (χ3v) is 8.59. The molecule has 2 fully saturated rings. The number of piperidine rings is 2. The Morgan fingerprint density at radius 2 is 1.76 bits per heavy atom. The lowest BCUT2D eigenvalue weighted by atomic mass is 9.82. The fourth-order valence-corrected chi connectivity index (χ4v) is 5.96. The second-order valence-corrected chi connectivity index (χ2v) is 11.3. The topological polar surface area (TPSA) is 58.0 Å². The third-order valence-electron chi connectivity index (χ3n) is 8.06. The van der Waals surface area contributed by atoms with Crippen LogP contribution in [-0.2, 0) is 4.84 Å². The van der Waals surface area contributed by atoms with Crippen molar-refractivity contribution in [2.45, 2.75) is 45.1 Å². The van der Waals surface area contributed by atoms with Gasteiger partial charge in [0.2, 0.25) is 0 Å². The van der Waals surface area contributed by atoms with E-state index in [0.717, 1.165) is 84.1 Å². The molecule has 3 aromatic rings. The SMILES string of the molecule is CCON=C(c1ccc(Br)cc1)C1CCN(C2(C)CCN(C(=O)c3ccc4cccnc4c3)CC2)CC1. The van der Waals surface area contributed by atoms with Crippen LogP contribution in [0.25, 0.3) is 10.9 Å². The molecule has 2 aliphatic rings. The first-order valence-electron chi connectivity index (χ1n) is 13.3. The molecule has 6 nitrogen and oxygen atoms in total. The number of rotatable bonds is 6. The van der Waals surface area contributed by atoms with Gasteiger partial charge in [-0.25, -0.2) is 0 Å². The number of amides is 1. The maximum atomic E-state index is 13.2. The molecule has 3 heterocycles. The molecule has 0 aliphatic carbocycles. The van der Waals surface area contributed by atoms with Gasteiger partial charge in [-0.1, -0.05) is 45.4 Å². The zero-order valence-electron chi connectivity index (χ0n) is 21.7. The summed E-state index contributed by atoms with van der Waals surface area (Å²) in [6.45, 7) is 8.55. The van der Waals surface area contributed by atoms with E-state index in [1.165, 1.54) is 0 Å². The molecule has 0 atom stereocenters. The average molecular weight is 564 g/mol. The lowest BCUT2D eigenvalue weighted by molar-refractivity contribution is 0.0161. The minimum atomic E-state index is 0.111. The van der Waals surface area contributed by atoms with Gasteiger partial charge in [0.1, 0.15) is 6.61 Å². The van der Waals surface area contributed by atoms with E-state index in [2.05, 4.69) is 62.2 Å². The van der Waals surface area contributed by atoms with E-state index < -0.39 is 0 Å². The molecule has 1 aromatic heterocycles. The monoisotopic (exact) mass is 562 g/mol. The van der Waals surface area contributed by atoms with Crippen molar-refractivity contribution in [1.29, 1.82) is 0 Å². The van der Waals surface area contributed by atoms with Crippen LogP contribution in [0.5, 0.6) is 0 Å². The summed E-state index contributed by atoms with van der Waals surface area (Å²) in [7, 11) is 0.